The molecule has 2 aromatic rings. The van der Waals surface area contributed by atoms with E-state index >= 15 is 0 Å². The second-order valence-electron chi connectivity index (χ2n) is 5.50. The molecule has 1 fully saturated rings. The minimum atomic E-state index is 0.123. The Morgan fingerprint density at radius 1 is 1.41 bits per heavy atom. The first-order valence-corrected chi connectivity index (χ1v) is 7.92. The topological polar surface area (TPSA) is 59.2 Å². The summed E-state index contributed by atoms with van der Waals surface area (Å²) < 4.78 is 5.42. The third-order valence-corrected chi connectivity index (χ3v) is 4.22. The molecule has 22 heavy (non-hydrogen) atoms. The summed E-state index contributed by atoms with van der Waals surface area (Å²) in [7, 11) is 0. The van der Waals surface area contributed by atoms with Crippen molar-refractivity contribution >= 4 is 17.5 Å². The number of amides is 1. The zero-order valence-corrected chi connectivity index (χ0v) is 13.2. The van der Waals surface area contributed by atoms with Gasteiger partial charge >= 0.3 is 0 Å². The van der Waals surface area contributed by atoms with E-state index in [0.29, 0.717) is 29.7 Å². The van der Waals surface area contributed by atoms with Gasteiger partial charge in [-0.05, 0) is 37.1 Å². The van der Waals surface area contributed by atoms with Crippen molar-refractivity contribution in [1.82, 2.24) is 15.0 Å². The van der Waals surface area contributed by atoms with Gasteiger partial charge in [-0.3, -0.25) is 4.79 Å². The van der Waals surface area contributed by atoms with Gasteiger partial charge < -0.3 is 9.42 Å². The Bertz CT molecular complexity index is 654. The lowest BCUT2D eigenvalue weighted by atomic mass is 9.97. The Morgan fingerprint density at radius 3 is 2.91 bits per heavy atom. The van der Waals surface area contributed by atoms with Crippen LogP contribution >= 0.6 is 11.6 Å². The predicted molar refractivity (Wildman–Crippen MR) is 83.6 cm³/mol. The summed E-state index contributed by atoms with van der Waals surface area (Å²) in [5, 5.41) is 4.72. The van der Waals surface area contributed by atoms with Crippen LogP contribution in [-0.4, -0.2) is 34.0 Å². The van der Waals surface area contributed by atoms with Crippen LogP contribution in [0.1, 0.15) is 38.0 Å². The summed E-state index contributed by atoms with van der Waals surface area (Å²) >= 11 is 5.88. The highest BCUT2D eigenvalue weighted by Gasteiger charge is 2.28. The molecule has 1 atom stereocenters. The molecule has 1 aliphatic heterocycles. The van der Waals surface area contributed by atoms with Gasteiger partial charge in [0.1, 0.15) is 0 Å². The van der Waals surface area contributed by atoms with Crippen LogP contribution in [0.4, 0.5) is 0 Å². The number of rotatable bonds is 3. The lowest BCUT2D eigenvalue weighted by Gasteiger charge is -2.30. The number of aromatic nitrogens is 2. The van der Waals surface area contributed by atoms with Gasteiger partial charge in [0, 0.05) is 30.1 Å². The second-order valence-corrected chi connectivity index (χ2v) is 5.93. The van der Waals surface area contributed by atoms with Crippen molar-refractivity contribution < 1.29 is 9.32 Å². The fourth-order valence-corrected chi connectivity index (χ4v) is 2.87. The molecule has 1 saturated heterocycles. The average molecular weight is 320 g/mol. The number of nitrogens with zero attached hydrogens (tertiary/aromatic N) is 3. The number of piperidine rings is 1. The molecule has 0 aliphatic carbocycles. The maximum Gasteiger partial charge on any atom is 0.231 e. The van der Waals surface area contributed by atoms with Crippen molar-refractivity contribution in [3.05, 3.63) is 35.2 Å². The van der Waals surface area contributed by atoms with Gasteiger partial charge in [-0.15, -0.1) is 0 Å². The molecule has 1 aliphatic rings. The molecule has 0 N–H and O–H groups in total. The molecule has 0 radical (unpaired) electrons. The smallest absolute Gasteiger partial charge is 0.231 e. The number of hydrogen-bond acceptors (Lipinski definition) is 4. The predicted octanol–water partition coefficient (Wildman–Crippen LogP) is 3.51. The van der Waals surface area contributed by atoms with E-state index in [0.717, 1.165) is 24.9 Å². The molecule has 3 rings (SSSR count). The maximum absolute atomic E-state index is 11.8. The molecule has 0 bridgehead atoms. The van der Waals surface area contributed by atoms with Crippen molar-refractivity contribution in [3.8, 4) is 11.4 Å². The highest BCUT2D eigenvalue weighted by molar-refractivity contribution is 6.30. The van der Waals surface area contributed by atoms with Gasteiger partial charge in [-0.1, -0.05) is 23.7 Å². The third kappa shape index (κ3) is 3.14. The molecule has 1 aromatic heterocycles. The minimum absolute atomic E-state index is 0.123. The van der Waals surface area contributed by atoms with Crippen molar-refractivity contribution in [2.24, 2.45) is 0 Å². The zero-order valence-electron chi connectivity index (χ0n) is 12.5. The van der Waals surface area contributed by atoms with E-state index in [1.54, 1.807) is 12.1 Å². The van der Waals surface area contributed by atoms with Crippen LogP contribution in [0, 0.1) is 0 Å². The molecule has 0 saturated carbocycles. The lowest BCUT2D eigenvalue weighted by molar-refractivity contribution is -0.132. The van der Waals surface area contributed by atoms with Gasteiger partial charge in [0.05, 0.1) is 5.92 Å². The number of carbonyl (C=O) groups excluding carboxylic acids is 1. The summed E-state index contributed by atoms with van der Waals surface area (Å²) in [5.74, 6) is 1.48. The first-order chi connectivity index (χ1) is 10.7. The van der Waals surface area contributed by atoms with Crippen molar-refractivity contribution in [2.45, 2.75) is 32.1 Å². The van der Waals surface area contributed by atoms with Gasteiger partial charge in [0.15, 0.2) is 0 Å². The second kappa shape index (κ2) is 6.48. The summed E-state index contributed by atoms with van der Waals surface area (Å²) in [6, 6.07) is 7.33. The fourth-order valence-electron chi connectivity index (χ4n) is 2.75. The Balaban J connectivity index is 1.75. The van der Waals surface area contributed by atoms with E-state index < -0.39 is 0 Å². The van der Waals surface area contributed by atoms with Crippen LogP contribution in [0.5, 0.6) is 0 Å². The summed E-state index contributed by atoms with van der Waals surface area (Å²) in [6.45, 7) is 3.37. The van der Waals surface area contributed by atoms with E-state index in [4.69, 9.17) is 16.1 Å². The Morgan fingerprint density at radius 2 is 2.18 bits per heavy atom. The molecule has 2 heterocycles. The first-order valence-electron chi connectivity index (χ1n) is 7.54. The summed E-state index contributed by atoms with van der Waals surface area (Å²) in [4.78, 5) is 18.2. The monoisotopic (exact) mass is 319 g/mol. The molecular weight excluding hydrogens is 302 g/mol. The summed E-state index contributed by atoms with van der Waals surface area (Å²) in [6.07, 6.45) is 2.47. The quantitative estimate of drug-likeness (QED) is 0.868. The minimum Gasteiger partial charge on any atom is -0.342 e. The van der Waals surface area contributed by atoms with E-state index in [2.05, 4.69) is 10.1 Å². The van der Waals surface area contributed by atoms with Crippen LogP contribution in [-0.2, 0) is 4.79 Å². The van der Waals surface area contributed by atoms with Gasteiger partial charge in [0.2, 0.25) is 17.6 Å². The molecule has 116 valence electrons. The standard InChI is InChI=1S/C16H18ClN3O2/c1-2-14(21)20-9-3-4-12(10-20)16-18-15(19-22-16)11-5-7-13(17)8-6-11/h5-8,12H,2-4,9-10H2,1H3/t12-/m0/s1. The van der Waals surface area contributed by atoms with Crippen molar-refractivity contribution in [3.63, 3.8) is 0 Å². The molecule has 5 nitrogen and oxygen atoms in total. The molecule has 1 amide bonds. The third-order valence-electron chi connectivity index (χ3n) is 3.97. The van der Waals surface area contributed by atoms with E-state index in [9.17, 15) is 4.79 Å². The number of likely N-dealkylation sites (tertiary alicyclic amines) is 1. The van der Waals surface area contributed by atoms with Crippen molar-refractivity contribution in [1.29, 1.82) is 0 Å². The number of halogens is 1. The summed E-state index contributed by atoms with van der Waals surface area (Å²) in [5.41, 5.74) is 0.872. The van der Waals surface area contributed by atoms with Crippen molar-refractivity contribution in [2.75, 3.05) is 13.1 Å². The van der Waals surface area contributed by atoms with Gasteiger partial charge in [-0.2, -0.15) is 4.98 Å². The van der Waals surface area contributed by atoms with Crippen LogP contribution in [0.2, 0.25) is 5.02 Å². The van der Waals surface area contributed by atoms with E-state index in [1.165, 1.54) is 0 Å². The van der Waals surface area contributed by atoms with Crippen LogP contribution < -0.4 is 0 Å². The molecule has 0 spiro atoms. The van der Waals surface area contributed by atoms with Gasteiger partial charge in [-0.25, -0.2) is 0 Å². The Labute approximate surface area is 134 Å². The largest absolute Gasteiger partial charge is 0.342 e. The van der Waals surface area contributed by atoms with Crippen LogP contribution in [0.15, 0.2) is 28.8 Å². The first kappa shape index (κ1) is 15.0. The number of carbonyl (C=O) groups is 1. The number of hydrogen-bond donors (Lipinski definition) is 0. The zero-order chi connectivity index (χ0) is 15.5. The van der Waals surface area contributed by atoms with Crippen LogP contribution in [0.3, 0.4) is 0 Å². The molecular formula is C16H18ClN3O2. The molecule has 6 heteroatoms. The van der Waals surface area contributed by atoms with E-state index in [1.807, 2.05) is 24.0 Å². The maximum atomic E-state index is 11.8. The van der Waals surface area contributed by atoms with Gasteiger partial charge in [0.25, 0.3) is 0 Å². The van der Waals surface area contributed by atoms with Crippen LogP contribution in [0.25, 0.3) is 11.4 Å². The highest BCUT2D eigenvalue weighted by atomic mass is 35.5. The Hall–Kier alpha value is -1.88. The lowest BCUT2D eigenvalue weighted by Crippen LogP contribution is -2.38. The number of benzene rings is 1. The molecule has 1 aromatic carbocycles. The normalized spacial score (nSPS) is 18.5. The average Bonchev–Trinajstić information content (AvgIpc) is 3.05. The fraction of sp³-hybridized carbons (Fsp3) is 0.438. The SMILES string of the molecule is CCC(=O)N1CCC[C@H](c2nc(-c3ccc(Cl)cc3)no2)C1. The van der Waals surface area contributed by atoms with E-state index in [-0.39, 0.29) is 11.8 Å². The Kier molecular flexibility index (Phi) is 4.43. The highest BCUT2D eigenvalue weighted by Crippen LogP contribution is 2.28. The molecule has 0 unspecified atom stereocenters.